The maximum absolute atomic E-state index is 5.52. The number of aromatic nitrogens is 2. The molecule has 0 aliphatic heterocycles. The Morgan fingerprint density at radius 2 is 2.00 bits per heavy atom. The summed E-state index contributed by atoms with van der Waals surface area (Å²) in [7, 11) is 0. The fraction of sp³-hybridized carbons (Fsp3) is 0.429. The minimum absolute atomic E-state index is 0.446. The van der Waals surface area contributed by atoms with Gasteiger partial charge >= 0.3 is 6.01 Å². The molecule has 0 radical (unpaired) electrons. The highest BCUT2D eigenvalue weighted by atomic mass is 79.9. The van der Waals surface area contributed by atoms with E-state index in [1.165, 1.54) is 0 Å². The fourth-order valence-corrected chi connectivity index (χ4v) is 2.10. The second-order valence-corrected chi connectivity index (χ2v) is 5.83. The molecule has 0 unspecified atom stereocenters. The van der Waals surface area contributed by atoms with Crippen LogP contribution < -0.4 is 10.6 Å². The van der Waals surface area contributed by atoms with Crippen molar-refractivity contribution in [3.8, 4) is 0 Å². The van der Waals surface area contributed by atoms with Crippen molar-refractivity contribution in [3.05, 3.63) is 40.2 Å². The zero-order valence-corrected chi connectivity index (χ0v) is 13.3. The Bertz CT molecular complexity index is 541. The van der Waals surface area contributed by atoms with E-state index in [9.17, 15) is 0 Å². The molecule has 1 aromatic heterocycles. The van der Waals surface area contributed by atoms with Crippen LogP contribution in [-0.4, -0.2) is 16.7 Å². The topological polar surface area (TPSA) is 63.0 Å². The number of nitrogens with one attached hydrogen (secondary N) is 2. The molecule has 20 heavy (non-hydrogen) atoms. The summed E-state index contributed by atoms with van der Waals surface area (Å²) in [6.45, 7) is 6.49. The lowest BCUT2D eigenvalue weighted by Gasteiger charge is -2.04. The number of halogens is 1. The lowest BCUT2D eigenvalue weighted by Crippen LogP contribution is -2.19. The highest BCUT2D eigenvalue weighted by Gasteiger charge is 2.06. The van der Waals surface area contributed by atoms with Crippen LogP contribution in [0.3, 0.4) is 0 Å². The fourth-order valence-electron chi connectivity index (χ4n) is 1.68. The van der Waals surface area contributed by atoms with Crippen molar-refractivity contribution < 1.29 is 4.42 Å². The third kappa shape index (κ3) is 4.61. The Morgan fingerprint density at radius 1 is 1.20 bits per heavy atom. The van der Waals surface area contributed by atoms with E-state index in [0.29, 0.717) is 30.9 Å². The van der Waals surface area contributed by atoms with Crippen molar-refractivity contribution in [3.63, 3.8) is 0 Å². The van der Waals surface area contributed by atoms with Gasteiger partial charge in [-0.2, -0.15) is 0 Å². The molecular weight excluding hydrogens is 320 g/mol. The highest BCUT2D eigenvalue weighted by molar-refractivity contribution is 9.10. The number of nitrogens with zero attached hydrogens (tertiary/aromatic N) is 2. The second kappa shape index (κ2) is 7.40. The predicted octanol–water partition coefficient (Wildman–Crippen LogP) is 3.19. The van der Waals surface area contributed by atoms with Crippen LogP contribution in [0.5, 0.6) is 0 Å². The molecule has 0 spiro atoms. The molecule has 0 saturated carbocycles. The number of rotatable bonds is 7. The summed E-state index contributed by atoms with van der Waals surface area (Å²) >= 11 is 3.51. The van der Waals surface area contributed by atoms with E-state index in [1.807, 2.05) is 24.3 Å². The normalized spacial score (nSPS) is 11.0. The number of hydrogen-bond acceptors (Lipinski definition) is 5. The molecule has 0 amide bonds. The molecular formula is C14H19BrN4O. The third-order valence-corrected chi connectivity index (χ3v) is 3.46. The molecule has 2 rings (SSSR count). The molecule has 2 aromatic rings. The van der Waals surface area contributed by atoms with Crippen LogP contribution in [0.15, 0.2) is 33.2 Å². The van der Waals surface area contributed by atoms with Crippen LogP contribution in [-0.2, 0) is 13.1 Å². The van der Waals surface area contributed by atoms with Gasteiger partial charge in [0.25, 0.3) is 0 Å². The summed E-state index contributed by atoms with van der Waals surface area (Å²) < 4.78 is 6.58. The molecule has 1 heterocycles. The van der Waals surface area contributed by atoms with Gasteiger partial charge in [0.05, 0.1) is 6.54 Å². The first-order valence-corrected chi connectivity index (χ1v) is 7.45. The SMILES string of the molecule is CC(C)CNCc1nnc(NCc2ccccc2Br)o1. The van der Waals surface area contributed by atoms with E-state index in [0.717, 1.165) is 16.6 Å². The van der Waals surface area contributed by atoms with Crippen molar-refractivity contribution in [1.82, 2.24) is 15.5 Å². The quantitative estimate of drug-likeness (QED) is 0.811. The lowest BCUT2D eigenvalue weighted by molar-refractivity contribution is 0.458. The van der Waals surface area contributed by atoms with E-state index in [-0.39, 0.29) is 0 Å². The summed E-state index contributed by atoms with van der Waals surface area (Å²) in [6, 6.07) is 8.47. The lowest BCUT2D eigenvalue weighted by atomic mass is 10.2. The second-order valence-electron chi connectivity index (χ2n) is 4.97. The molecule has 0 fully saturated rings. The number of hydrogen-bond donors (Lipinski definition) is 2. The first kappa shape index (κ1) is 15.0. The third-order valence-electron chi connectivity index (χ3n) is 2.68. The zero-order valence-electron chi connectivity index (χ0n) is 11.7. The minimum atomic E-state index is 0.446. The van der Waals surface area contributed by atoms with E-state index in [2.05, 4.69) is 50.6 Å². The van der Waals surface area contributed by atoms with E-state index in [4.69, 9.17) is 4.42 Å². The zero-order chi connectivity index (χ0) is 14.4. The van der Waals surface area contributed by atoms with Crippen LogP contribution >= 0.6 is 15.9 Å². The summed E-state index contributed by atoms with van der Waals surface area (Å²) in [5.74, 6) is 1.20. The summed E-state index contributed by atoms with van der Waals surface area (Å²) in [4.78, 5) is 0. The van der Waals surface area contributed by atoms with Gasteiger partial charge in [0, 0.05) is 11.0 Å². The Morgan fingerprint density at radius 3 is 2.75 bits per heavy atom. The first-order valence-electron chi connectivity index (χ1n) is 6.65. The molecule has 108 valence electrons. The molecule has 0 aliphatic rings. The number of benzene rings is 1. The maximum Gasteiger partial charge on any atom is 0.315 e. The van der Waals surface area contributed by atoms with Crippen molar-refractivity contribution in [2.75, 3.05) is 11.9 Å². The van der Waals surface area contributed by atoms with Crippen molar-refractivity contribution in [2.45, 2.75) is 26.9 Å². The van der Waals surface area contributed by atoms with Crippen LogP contribution in [0, 0.1) is 5.92 Å². The largest absolute Gasteiger partial charge is 0.407 e. The molecule has 6 heteroatoms. The van der Waals surface area contributed by atoms with E-state index < -0.39 is 0 Å². The average molecular weight is 339 g/mol. The Balaban J connectivity index is 1.82. The van der Waals surface area contributed by atoms with Crippen molar-refractivity contribution in [2.24, 2.45) is 5.92 Å². The average Bonchev–Trinajstić information content (AvgIpc) is 2.85. The predicted molar refractivity (Wildman–Crippen MR) is 82.3 cm³/mol. The van der Waals surface area contributed by atoms with Gasteiger partial charge in [0.1, 0.15) is 0 Å². The summed E-state index contributed by atoms with van der Waals surface area (Å²) in [5.41, 5.74) is 1.14. The molecule has 0 atom stereocenters. The summed E-state index contributed by atoms with van der Waals surface area (Å²) in [6.07, 6.45) is 0. The highest BCUT2D eigenvalue weighted by Crippen LogP contribution is 2.17. The van der Waals surface area contributed by atoms with E-state index in [1.54, 1.807) is 0 Å². The summed E-state index contributed by atoms with van der Waals surface area (Å²) in [5, 5.41) is 14.4. The van der Waals surface area contributed by atoms with Crippen LogP contribution in [0.1, 0.15) is 25.3 Å². The minimum Gasteiger partial charge on any atom is -0.407 e. The van der Waals surface area contributed by atoms with Crippen LogP contribution in [0.4, 0.5) is 6.01 Å². The Hall–Kier alpha value is -1.40. The van der Waals surface area contributed by atoms with Gasteiger partial charge in [0.2, 0.25) is 5.89 Å². The van der Waals surface area contributed by atoms with Gasteiger partial charge in [0.15, 0.2) is 0 Å². The molecule has 5 nitrogen and oxygen atoms in total. The van der Waals surface area contributed by atoms with Gasteiger partial charge in [-0.15, -0.1) is 5.10 Å². The van der Waals surface area contributed by atoms with Gasteiger partial charge in [-0.1, -0.05) is 53.1 Å². The Kier molecular flexibility index (Phi) is 5.55. The molecule has 1 aromatic carbocycles. The molecule has 0 bridgehead atoms. The van der Waals surface area contributed by atoms with Crippen LogP contribution in [0.2, 0.25) is 0 Å². The number of anilines is 1. The van der Waals surface area contributed by atoms with Gasteiger partial charge < -0.3 is 15.1 Å². The maximum atomic E-state index is 5.52. The molecule has 0 aliphatic carbocycles. The smallest absolute Gasteiger partial charge is 0.315 e. The van der Waals surface area contributed by atoms with Gasteiger partial charge in [-0.05, 0) is 24.1 Å². The first-order chi connectivity index (χ1) is 9.65. The molecule has 0 saturated heterocycles. The van der Waals surface area contributed by atoms with Gasteiger partial charge in [-0.25, -0.2) is 0 Å². The van der Waals surface area contributed by atoms with E-state index >= 15 is 0 Å². The standard InChI is InChI=1S/C14H19BrN4O/c1-10(2)7-16-9-13-18-19-14(20-13)17-8-11-5-3-4-6-12(11)15/h3-6,10,16H,7-9H2,1-2H3,(H,17,19). The van der Waals surface area contributed by atoms with Crippen molar-refractivity contribution in [1.29, 1.82) is 0 Å². The molecule has 2 N–H and O–H groups in total. The monoisotopic (exact) mass is 338 g/mol. The van der Waals surface area contributed by atoms with Crippen molar-refractivity contribution >= 4 is 21.9 Å². The Labute approximate surface area is 127 Å². The van der Waals surface area contributed by atoms with Crippen LogP contribution in [0.25, 0.3) is 0 Å². The van der Waals surface area contributed by atoms with Gasteiger partial charge in [-0.3, -0.25) is 0 Å².